The Kier molecular flexibility index (Phi) is 6.19. The lowest BCUT2D eigenvalue weighted by atomic mass is 10.0. The first-order valence-corrected chi connectivity index (χ1v) is 11.8. The van der Waals surface area contributed by atoms with Crippen LogP contribution >= 0.6 is 0 Å². The van der Waals surface area contributed by atoms with Crippen molar-refractivity contribution in [2.45, 2.75) is 26.4 Å². The van der Waals surface area contributed by atoms with Crippen molar-refractivity contribution in [3.8, 4) is 17.2 Å². The standard InChI is InChI=1S/C29H29N3O3/c1-4-35-23-14-12-21(13-15-23)28-26-10-7-17-31(26)25-9-6-5-8-22(25)19-32(28)29(33)30-24-18-20(2)11-16-27(24)34-3/h5-18,28H,4,19H2,1-3H3,(H,30,33)/t28-/m1/s1. The van der Waals surface area contributed by atoms with Crippen molar-refractivity contribution >= 4 is 11.7 Å². The summed E-state index contributed by atoms with van der Waals surface area (Å²) < 4.78 is 13.3. The molecule has 0 radical (unpaired) electrons. The maximum Gasteiger partial charge on any atom is 0.323 e. The molecule has 1 N–H and O–H groups in total. The molecule has 6 nitrogen and oxygen atoms in total. The average molecular weight is 468 g/mol. The second-order valence-electron chi connectivity index (χ2n) is 8.60. The first-order chi connectivity index (χ1) is 17.1. The number of hydrogen-bond donors (Lipinski definition) is 1. The fraction of sp³-hybridized carbons (Fsp3) is 0.207. The molecule has 2 amide bonds. The molecule has 2 heterocycles. The van der Waals surface area contributed by atoms with Crippen LogP contribution in [0.25, 0.3) is 5.69 Å². The monoisotopic (exact) mass is 467 g/mol. The van der Waals surface area contributed by atoms with E-state index in [0.29, 0.717) is 24.6 Å². The molecule has 3 aromatic carbocycles. The minimum absolute atomic E-state index is 0.197. The Hall–Kier alpha value is -4.19. The van der Waals surface area contributed by atoms with Crippen LogP contribution in [0.15, 0.2) is 85.1 Å². The number of amides is 2. The summed E-state index contributed by atoms with van der Waals surface area (Å²) in [6, 6.07) is 25.6. The van der Waals surface area contributed by atoms with Gasteiger partial charge in [0.15, 0.2) is 0 Å². The predicted molar refractivity (Wildman–Crippen MR) is 138 cm³/mol. The van der Waals surface area contributed by atoms with Crippen molar-refractivity contribution < 1.29 is 14.3 Å². The van der Waals surface area contributed by atoms with E-state index in [4.69, 9.17) is 9.47 Å². The summed E-state index contributed by atoms with van der Waals surface area (Å²) in [7, 11) is 1.61. The number of nitrogens with zero attached hydrogens (tertiary/aromatic N) is 2. The smallest absolute Gasteiger partial charge is 0.323 e. The van der Waals surface area contributed by atoms with Gasteiger partial charge in [0.1, 0.15) is 11.5 Å². The first kappa shape index (κ1) is 22.6. The van der Waals surface area contributed by atoms with Crippen molar-refractivity contribution in [3.05, 3.63) is 107 Å². The van der Waals surface area contributed by atoms with Crippen molar-refractivity contribution in [1.82, 2.24) is 9.47 Å². The van der Waals surface area contributed by atoms with Gasteiger partial charge in [-0.15, -0.1) is 0 Å². The molecule has 35 heavy (non-hydrogen) atoms. The van der Waals surface area contributed by atoms with Gasteiger partial charge in [0.2, 0.25) is 0 Å². The number of hydrogen-bond acceptors (Lipinski definition) is 3. The number of nitrogens with one attached hydrogen (secondary N) is 1. The highest BCUT2D eigenvalue weighted by Crippen LogP contribution is 2.38. The molecular formula is C29H29N3O3. The summed E-state index contributed by atoms with van der Waals surface area (Å²) in [5, 5.41) is 3.11. The van der Waals surface area contributed by atoms with E-state index >= 15 is 0 Å². The van der Waals surface area contributed by atoms with Crippen LogP contribution in [-0.4, -0.2) is 29.2 Å². The number of carbonyl (C=O) groups is 1. The third-order valence-corrected chi connectivity index (χ3v) is 6.33. The fourth-order valence-electron chi connectivity index (χ4n) is 4.71. The molecule has 5 rings (SSSR count). The van der Waals surface area contributed by atoms with Crippen LogP contribution in [-0.2, 0) is 6.54 Å². The Morgan fingerprint density at radius 3 is 2.60 bits per heavy atom. The van der Waals surface area contributed by atoms with Gasteiger partial charge in [0.25, 0.3) is 0 Å². The number of aromatic nitrogens is 1. The molecule has 0 saturated carbocycles. The zero-order valence-electron chi connectivity index (χ0n) is 20.2. The highest BCUT2D eigenvalue weighted by atomic mass is 16.5. The molecule has 4 aromatic rings. The number of aryl methyl sites for hydroxylation is 1. The van der Waals surface area contributed by atoms with E-state index in [1.54, 1.807) is 7.11 Å². The summed E-state index contributed by atoms with van der Waals surface area (Å²) in [6.07, 6.45) is 2.06. The number of para-hydroxylation sites is 1. The molecule has 0 saturated heterocycles. The lowest BCUT2D eigenvalue weighted by Crippen LogP contribution is -2.38. The summed E-state index contributed by atoms with van der Waals surface area (Å²) in [5.74, 6) is 1.43. The van der Waals surface area contributed by atoms with E-state index in [1.807, 2.05) is 79.4 Å². The van der Waals surface area contributed by atoms with Crippen LogP contribution in [0.3, 0.4) is 0 Å². The summed E-state index contributed by atoms with van der Waals surface area (Å²) in [6.45, 7) is 5.02. The SMILES string of the molecule is CCOc1ccc([C@@H]2c3cccn3-c3ccccc3CN2C(=O)Nc2cc(C)ccc2OC)cc1. The van der Waals surface area contributed by atoms with Crippen LogP contribution in [0.5, 0.6) is 11.5 Å². The molecule has 0 bridgehead atoms. The Morgan fingerprint density at radius 2 is 1.83 bits per heavy atom. The fourth-order valence-corrected chi connectivity index (χ4v) is 4.71. The van der Waals surface area contributed by atoms with Crippen LogP contribution in [0, 0.1) is 6.92 Å². The Labute approximate surface area is 205 Å². The van der Waals surface area contributed by atoms with Crippen LogP contribution in [0.4, 0.5) is 10.5 Å². The van der Waals surface area contributed by atoms with Gasteiger partial charge in [0.05, 0.1) is 37.7 Å². The molecule has 1 aliphatic heterocycles. The number of benzene rings is 3. The van der Waals surface area contributed by atoms with Crippen LogP contribution in [0.1, 0.15) is 35.3 Å². The van der Waals surface area contributed by atoms with Gasteiger partial charge >= 0.3 is 6.03 Å². The zero-order chi connectivity index (χ0) is 24.4. The number of urea groups is 1. The van der Waals surface area contributed by atoms with Crippen molar-refractivity contribution in [2.75, 3.05) is 19.0 Å². The topological polar surface area (TPSA) is 55.7 Å². The lowest BCUT2D eigenvalue weighted by molar-refractivity contribution is 0.194. The van der Waals surface area contributed by atoms with Gasteiger partial charge < -0.3 is 24.3 Å². The van der Waals surface area contributed by atoms with Crippen LogP contribution in [0.2, 0.25) is 0 Å². The second-order valence-corrected chi connectivity index (χ2v) is 8.60. The molecule has 178 valence electrons. The van der Waals surface area contributed by atoms with Gasteiger partial charge in [-0.05, 0) is 73.0 Å². The highest BCUT2D eigenvalue weighted by molar-refractivity contribution is 5.92. The minimum Gasteiger partial charge on any atom is -0.495 e. The zero-order valence-corrected chi connectivity index (χ0v) is 20.2. The van der Waals surface area contributed by atoms with Gasteiger partial charge in [-0.3, -0.25) is 0 Å². The van der Waals surface area contributed by atoms with E-state index in [0.717, 1.165) is 33.8 Å². The Bertz CT molecular complexity index is 1340. The van der Waals surface area contributed by atoms with E-state index in [9.17, 15) is 4.79 Å². The highest BCUT2D eigenvalue weighted by Gasteiger charge is 2.33. The molecule has 1 atom stereocenters. The summed E-state index contributed by atoms with van der Waals surface area (Å²) >= 11 is 0. The van der Waals surface area contributed by atoms with E-state index in [1.165, 1.54) is 0 Å². The summed E-state index contributed by atoms with van der Waals surface area (Å²) in [5.41, 5.74) is 5.87. The normalized spacial score (nSPS) is 14.5. The van der Waals surface area contributed by atoms with E-state index in [-0.39, 0.29) is 12.1 Å². The molecular weight excluding hydrogens is 438 g/mol. The predicted octanol–water partition coefficient (Wildman–Crippen LogP) is 6.33. The van der Waals surface area contributed by atoms with Gasteiger partial charge in [0, 0.05) is 11.9 Å². The number of anilines is 1. The quantitative estimate of drug-likeness (QED) is 0.373. The second kappa shape index (κ2) is 9.58. The number of rotatable bonds is 5. The molecule has 0 fully saturated rings. The Balaban J connectivity index is 1.60. The van der Waals surface area contributed by atoms with Gasteiger partial charge in [-0.2, -0.15) is 0 Å². The molecule has 0 unspecified atom stereocenters. The van der Waals surface area contributed by atoms with Crippen molar-refractivity contribution in [3.63, 3.8) is 0 Å². The maximum atomic E-state index is 13.9. The van der Waals surface area contributed by atoms with Crippen LogP contribution < -0.4 is 14.8 Å². The number of carbonyl (C=O) groups excluding carboxylic acids is 1. The van der Waals surface area contributed by atoms with Gasteiger partial charge in [-0.1, -0.05) is 36.4 Å². The van der Waals surface area contributed by atoms with E-state index in [2.05, 4.69) is 34.3 Å². The largest absolute Gasteiger partial charge is 0.495 e. The van der Waals surface area contributed by atoms with E-state index < -0.39 is 0 Å². The number of ether oxygens (including phenoxy) is 2. The molecule has 0 aliphatic carbocycles. The first-order valence-electron chi connectivity index (χ1n) is 11.8. The maximum absolute atomic E-state index is 13.9. The molecule has 6 heteroatoms. The Morgan fingerprint density at radius 1 is 1.03 bits per heavy atom. The third-order valence-electron chi connectivity index (χ3n) is 6.33. The van der Waals surface area contributed by atoms with Crippen molar-refractivity contribution in [2.24, 2.45) is 0 Å². The average Bonchev–Trinajstić information content (AvgIpc) is 3.29. The number of fused-ring (bicyclic) bond motifs is 3. The lowest BCUT2D eigenvalue weighted by Gasteiger charge is -2.31. The van der Waals surface area contributed by atoms with Crippen molar-refractivity contribution in [1.29, 1.82) is 0 Å². The molecule has 0 spiro atoms. The molecule has 1 aromatic heterocycles. The third kappa shape index (κ3) is 4.35. The molecule has 1 aliphatic rings. The summed E-state index contributed by atoms with van der Waals surface area (Å²) in [4.78, 5) is 15.8. The van der Waals surface area contributed by atoms with Gasteiger partial charge in [-0.25, -0.2) is 4.79 Å². The minimum atomic E-state index is -0.302. The number of methoxy groups -OCH3 is 1.